The van der Waals surface area contributed by atoms with Crippen molar-refractivity contribution in [2.45, 2.75) is 13.3 Å². The summed E-state index contributed by atoms with van der Waals surface area (Å²) < 4.78 is 0. The largest absolute Gasteiger partial charge is 0.295 e. The van der Waals surface area contributed by atoms with Crippen molar-refractivity contribution in [2.24, 2.45) is 23.7 Å². The van der Waals surface area contributed by atoms with Gasteiger partial charge in [0.05, 0.1) is 0 Å². The lowest BCUT2D eigenvalue weighted by Gasteiger charge is -2.21. The van der Waals surface area contributed by atoms with E-state index in [9.17, 15) is 9.59 Å². The number of fused-ring (bicyclic) bond motifs is 5. The summed E-state index contributed by atoms with van der Waals surface area (Å²) in [7, 11) is 0. The van der Waals surface area contributed by atoms with Crippen LogP contribution in [-0.2, 0) is 9.59 Å². The van der Waals surface area contributed by atoms with E-state index in [0.717, 1.165) is 12.0 Å². The summed E-state index contributed by atoms with van der Waals surface area (Å²) in [6.07, 6.45) is 7.00. The molecule has 3 aliphatic rings. The minimum Gasteiger partial charge on any atom is -0.295 e. The van der Waals surface area contributed by atoms with Crippen LogP contribution in [0.25, 0.3) is 0 Å². The monoisotopic (exact) mass is 188 g/mol. The van der Waals surface area contributed by atoms with Crippen LogP contribution in [0.15, 0.2) is 23.8 Å². The van der Waals surface area contributed by atoms with Crippen molar-refractivity contribution < 1.29 is 9.59 Å². The van der Waals surface area contributed by atoms with E-state index >= 15 is 0 Å². The Bertz CT molecular complexity index is 389. The molecule has 3 rings (SSSR count). The highest BCUT2D eigenvalue weighted by molar-refractivity contribution is 6.07. The topological polar surface area (TPSA) is 34.1 Å². The summed E-state index contributed by atoms with van der Waals surface area (Å²) in [6, 6.07) is 0. The number of hydrogen-bond acceptors (Lipinski definition) is 2. The fraction of sp³-hybridized carbons (Fsp3) is 0.500. The third kappa shape index (κ3) is 0.813. The van der Waals surface area contributed by atoms with Crippen LogP contribution in [0.4, 0.5) is 0 Å². The highest BCUT2D eigenvalue weighted by Crippen LogP contribution is 2.54. The molecule has 72 valence electrons. The lowest BCUT2D eigenvalue weighted by molar-refractivity contribution is -0.118. The summed E-state index contributed by atoms with van der Waals surface area (Å²) in [5.41, 5.74) is 0.775. The van der Waals surface area contributed by atoms with Gasteiger partial charge in [0, 0.05) is 17.4 Å². The first-order chi connectivity index (χ1) is 6.68. The van der Waals surface area contributed by atoms with Gasteiger partial charge < -0.3 is 0 Å². The quantitative estimate of drug-likeness (QED) is 0.585. The Morgan fingerprint density at radius 3 is 2.57 bits per heavy atom. The average Bonchev–Trinajstić information content (AvgIpc) is 2.75. The predicted octanol–water partition coefficient (Wildman–Crippen LogP) is 1.52. The lowest BCUT2D eigenvalue weighted by Crippen LogP contribution is -2.23. The molecule has 1 fully saturated rings. The smallest absolute Gasteiger partial charge is 0.160 e. The molecule has 0 N–H and O–H groups in total. The van der Waals surface area contributed by atoms with E-state index in [2.05, 4.69) is 12.2 Å². The van der Waals surface area contributed by atoms with Gasteiger partial charge in [0.25, 0.3) is 0 Å². The molecule has 2 bridgehead atoms. The molecule has 0 unspecified atom stereocenters. The van der Waals surface area contributed by atoms with Crippen molar-refractivity contribution >= 4 is 11.6 Å². The van der Waals surface area contributed by atoms with Gasteiger partial charge in [-0.25, -0.2) is 0 Å². The predicted molar refractivity (Wildman–Crippen MR) is 51.5 cm³/mol. The molecule has 0 aromatic carbocycles. The van der Waals surface area contributed by atoms with Gasteiger partial charge in [-0.15, -0.1) is 0 Å². The maximum Gasteiger partial charge on any atom is 0.160 e. The number of hydrogen-bond donors (Lipinski definition) is 0. The van der Waals surface area contributed by atoms with Crippen LogP contribution in [0.5, 0.6) is 0 Å². The third-order valence-corrected chi connectivity index (χ3v) is 3.85. The van der Waals surface area contributed by atoms with E-state index in [1.165, 1.54) is 0 Å². The molecule has 0 amide bonds. The zero-order valence-electron chi connectivity index (χ0n) is 8.07. The fourth-order valence-corrected chi connectivity index (χ4v) is 3.32. The number of Topliss-reactive ketones (excluding diaryl/α,β-unsaturated/α-hetero) is 1. The molecule has 0 aromatic heterocycles. The zero-order valence-corrected chi connectivity index (χ0v) is 8.07. The van der Waals surface area contributed by atoms with Crippen molar-refractivity contribution in [3.63, 3.8) is 0 Å². The molecular weight excluding hydrogens is 176 g/mol. The minimum atomic E-state index is 0.0757. The highest BCUT2D eigenvalue weighted by Gasteiger charge is 2.52. The Labute approximate surface area is 82.7 Å². The van der Waals surface area contributed by atoms with Crippen LogP contribution in [0, 0.1) is 23.7 Å². The van der Waals surface area contributed by atoms with Crippen LogP contribution >= 0.6 is 0 Å². The number of carbonyl (C=O) groups excluding carboxylic acids is 2. The number of allylic oxidation sites excluding steroid dienone is 4. The molecule has 2 nitrogen and oxygen atoms in total. The van der Waals surface area contributed by atoms with E-state index in [1.807, 2.05) is 0 Å². The van der Waals surface area contributed by atoms with Gasteiger partial charge >= 0.3 is 0 Å². The van der Waals surface area contributed by atoms with Gasteiger partial charge in [0.2, 0.25) is 0 Å². The molecule has 0 heterocycles. The number of rotatable bonds is 1. The minimum absolute atomic E-state index is 0.0757. The first kappa shape index (κ1) is 8.16. The van der Waals surface area contributed by atoms with Gasteiger partial charge in [-0.05, 0) is 31.3 Å². The van der Waals surface area contributed by atoms with Crippen molar-refractivity contribution in [3.8, 4) is 0 Å². The Hall–Kier alpha value is -1.18. The molecule has 0 radical (unpaired) electrons. The standard InChI is InChI=1S/C12H12O2/c1-6(13)9-5-10(14)12-8-3-2-7(4-8)11(9)12/h2-3,5,7-8,11-12H,4H2,1H3/t7-,8+,11+,12-/m0/s1. The van der Waals surface area contributed by atoms with Gasteiger partial charge in [0.15, 0.2) is 11.6 Å². The maximum absolute atomic E-state index is 11.7. The summed E-state index contributed by atoms with van der Waals surface area (Å²) in [5, 5.41) is 0. The lowest BCUT2D eigenvalue weighted by atomic mass is 9.81. The molecule has 0 saturated heterocycles. The van der Waals surface area contributed by atoms with E-state index in [0.29, 0.717) is 11.8 Å². The zero-order chi connectivity index (χ0) is 9.87. The van der Waals surface area contributed by atoms with Crippen molar-refractivity contribution in [1.82, 2.24) is 0 Å². The molecule has 0 aromatic rings. The summed E-state index contributed by atoms with van der Waals surface area (Å²) in [5.74, 6) is 1.43. The summed E-state index contributed by atoms with van der Waals surface area (Å²) >= 11 is 0. The van der Waals surface area contributed by atoms with Crippen molar-refractivity contribution in [1.29, 1.82) is 0 Å². The van der Waals surface area contributed by atoms with Crippen LogP contribution < -0.4 is 0 Å². The Kier molecular flexibility index (Phi) is 1.42. The molecule has 3 aliphatic carbocycles. The van der Waals surface area contributed by atoms with Crippen LogP contribution in [0.2, 0.25) is 0 Å². The second-order valence-electron chi connectivity index (χ2n) is 4.56. The summed E-state index contributed by atoms with van der Waals surface area (Å²) in [4.78, 5) is 23.1. The second kappa shape index (κ2) is 2.44. The SMILES string of the molecule is CC(=O)C1=CC(=O)[C@H]2[C@@H]1[C@H]1C=C[C@@H]2C1. The Balaban J connectivity index is 2.06. The van der Waals surface area contributed by atoms with E-state index < -0.39 is 0 Å². The second-order valence-corrected chi connectivity index (χ2v) is 4.56. The van der Waals surface area contributed by atoms with Crippen LogP contribution in [0.3, 0.4) is 0 Å². The van der Waals surface area contributed by atoms with E-state index in [4.69, 9.17) is 0 Å². The molecular formula is C12H12O2. The molecule has 0 spiro atoms. The Morgan fingerprint density at radius 1 is 1.29 bits per heavy atom. The summed E-state index contributed by atoms with van der Waals surface area (Å²) in [6.45, 7) is 1.57. The van der Waals surface area contributed by atoms with Crippen LogP contribution in [-0.4, -0.2) is 11.6 Å². The Morgan fingerprint density at radius 2 is 1.93 bits per heavy atom. The average molecular weight is 188 g/mol. The molecule has 4 atom stereocenters. The normalized spacial score (nSPS) is 42.9. The first-order valence-electron chi connectivity index (χ1n) is 5.13. The highest BCUT2D eigenvalue weighted by atomic mass is 16.1. The van der Waals surface area contributed by atoms with Gasteiger partial charge in [-0.2, -0.15) is 0 Å². The van der Waals surface area contributed by atoms with Crippen LogP contribution in [0.1, 0.15) is 13.3 Å². The van der Waals surface area contributed by atoms with Gasteiger partial charge in [-0.1, -0.05) is 12.2 Å². The van der Waals surface area contributed by atoms with Crippen molar-refractivity contribution in [2.75, 3.05) is 0 Å². The van der Waals surface area contributed by atoms with E-state index in [-0.39, 0.29) is 23.4 Å². The van der Waals surface area contributed by atoms with Gasteiger partial charge in [0.1, 0.15) is 0 Å². The molecule has 14 heavy (non-hydrogen) atoms. The number of ketones is 2. The molecule has 2 heteroatoms. The fourth-order valence-electron chi connectivity index (χ4n) is 3.32. The number of carbonyl (C=O) groups is 2. The van der Waals surface area contributed by atoms with Gasteiger partial charge in [-0.3, -0.25) is 9.59 Å². The molecule has 1 saturated carbocycles. The third-order valence-electron chi connectivity index (χ3n) is 3.85. The molecule has 0 aliphatic heterocycles. The van der Waals surface area contributed by atoms with E-state index in [1.54, 1.807) is 13.0 Å². The maximum atomic E-state index is 11.7. The van der Waals surface area contributed by atoms with Crippen molar-refractivity contribution in [3.05, 3.63) is 23.8 Å². The first-order valence-corrected chi connectivity index (χ1v) is 5.13.